The third kappa shape index (κ3) is 74.7. The molecular formula is C82H160O17P2. The number of aliphatic hydroxyl groups excluding tert-OH is 1. The summed E-state index contributed by atoms with van der Waals surface area (Å²) in [6, 6.07) is 0. The molecular weight excluding hydrogens is 1320 g/mol. The molecule has 6 atom stereocenters. The predicted molar refractivity (Wildman–Crippen MR) is 414 cm³/mol. The Balaban J connectivity index is 5.17. The van der Waals surface area contributed by atoms with E-state index in [2.05, 4.69) is 41.5 Å². The van der Waals surface area contributed by atoms with Crippen molar-refractivity contribution in [2.24, 2.45) is 11.8 Å². The van der Waals surface area contributed by atoms with Gasteiger partial charge in [-0.05, 0) is 37.5 Å². The summed E-state index contributed by atoms with van der Waals surface area (Å²) in [6.07, 6.45) is 64.1. The Morgan fingerprint density at radius 1 is 0.287 bits per heavy atom. The lowest BCUT2D eigenvalue weighted by Gasteiger charge is -2.21. The SMILES string of the molecule is CCCCCCCCCCCCCCCCCCCCCCCCC(=O)O[C@H](COC(=O)CCCCCCCCCCCCCCCCCC(C)C)COP(=O)(O)OC[C@@H](O)COP(=O)(O)OC[C@@H](COC(=O)CCCCCCCCC)OC(=O)CCCCCCCCCCCCC(C)CC. The van der Waals surface area contributed by atoms with Crippen molar-refractivity contribution in [2.45, 2.75) is 452 Å². The van der Waals surface area contributed by atoms with Crippen LogP contribution in [0.2, 0.25) is 0 Å². The summed E-state index contributed by atoms with van der Waals surface area (Å²) in [5, 5.41) is 10.6. The number of carbonyl (C=O) groups excluding carboxylic acids is 4. The lowest BCUT2D eigenvalue weighted by atomic mass is 9.99. The molecule has 0 aliphatic rings. The Bertz CT molecular complexity index is 1940. The highest BCUT2D eigenvalue weighted by molar-refractivity contribution is 7.47. The number of ether oxygens (including phenoxy) is 4. The molecule has 0 saturated carbocycles. The van der Waals surface area contributed by atoms with Gasteiger partial charge in [0, 0.05) is 25.7 Å². The number of phosphoric ester groups is 2. The van der Waals surface area contributed by atoms with Gasteiger partial charge in [-0.25, -0.2) is 9.13 Å². The van der Waals surface area contributed by atoms with Crippen molar-refractivity contribution < 1.29 is 80.2 Å². The highest BCUT2D eigenvalue weighted by Gasteiger charge is 2.30. The standard InChI is InChI=1S/C82H160O17P2/c1-7-10-12-14-16-17-18-19-20-21-22-23-24-25-26-29-33-36-42-48-54-60-66-81(86)99-78(71-93-80(85)65-59-53-47-41-35-32-30-27-28-31-34-39-45-50-56-62-74(4)5)73-97-101(90,91)95-69-76(83)68-94-100(88,89)96-72-77(70-92-79(84)64-58-52-44-15-13-11-8-2)98-82(87)67-61-55-49-43-38-37-40-46-51-57-63-75(6)9-3/h74-78,83H,7-73H2,1-6H3,(H,88,89)(H,90,91)/t75?,76-,77+,78+/m0/s1. The van der Waals surface area contributed by atoms with E-state index in [0.717, 1.165) is 115 Å². The number of hydrogen-bond acceptors (Lipinski definition) is 15. The molecule has 0 spiro atoms. The van der Waals surface area contributed by atoms with Gasteiger partial charge in [0.25, 0.3) is 0 Å². The van der Waals surface area contributed by atoms with Gasteiger partial charge in [-0.3, -0.25) is 37.3 Å². The first-order chi connectivity index (χ1) is 48.9. The second-order valence-corrected chi connectivity index (χ2v) is 33.1. The maximum atomic E-state index is 13.1. The number of hydrogen-bond donors (Lipinski definition) is 3. The zero-order valence-electron chi connectivity index (χ0n) is 66.2. The smallest absolute Gasteiger partial charge is 0.462 e. The van der Waals surface area contributed by atoms with Crippen LogP contribution in [0.25, 0.3) is 0 Å². The third-order valence-electron chi connectivity index (χ3n) is 19.6. The van der Waals surface area contributed by atoms with E-state index in [1.165, 1.54) is 238 Å². The minimum atomic E-state index is -4.96. The first kappa shape index (κ1) is 99.1. The fraction of sp³-hybridized carbons (Fsp3) is 0.951. The van der Waals surface area contributed by atoms with Crippen LogP contribution in [0.5, 0.6) is 0 Å². The molecule has 0 bridgehead atoms. The fourth-order valence-electron chi connectivity index (χ4n) is 12.7. The van der Waals surface area contributed by atoms with Gasteiger partial charge in [0.1, 0.15) is 19.3 Å². The molecule has 101 heavy (non-hydrogen) atoms. The normalized spacial score (nSPS) is 14.2. The van der Waals surface area contributed by atoms with E-state index in [4.69, 9.17) is 37.0 Å². The van der Waals surface area contributed by atoms with E-state index < -0.39 is 97.5 Å². The van der Waals surface area contributed by atoms with Crippen LogP contribution in [-0.2, 0) is 65.4 Å². The van der Waals surface area contributed by atoms with Gasteiger partial charge in [0.2, 0.25) is 0 Å². The monoisotopic (exact) mass is 1480 g/mol. The molecule has 0 radical (unpaired) electrons. The van der Waals surface area contributed by atoms with Crippen molar-refractivity contribution in [1.82, 2.24) is 0 Å². The van der Waals surface area contributed by atoms with Crippen LogP contribution in [0.15, 0.2) is 0 Å². The van der Waals surface area contributed by atoms with Gasteiger partial charge in [-0.1, -0.05) is 382 Å². The topological polar surface area (TPSA) is 237 Å². The minimum Gasteiger partial charge on any atom is -0.462 e. The molecule has 19 heteroatoms. The summed E-state index contributed by atoms with van der Waals surface area (Å²) >= 11 is 0. The summed E-state index contributed by atoms with van der Waals surface area (Å²) in [5.41, 5.74) is 0. The van der Waals surface area contributed by atoms with Crippen molar-refractivity contribution in [3.63, 3.8) is 0 Å². The zero-order valence-corrected chi connectivity index (χ0v) is 68.0. The van der Waals surface area contributed by atoms with Crippen LogP contribution >= 0.6 is 15.6 Å². The third-order valence-corrected chi connectivity index (χ3v) is 21.5. The minimum absolute atomic E-state index is 0.106. The van der Waals surface area contributed by atoms with Gasteiger partial charge < -0.3 is 33.8 Å². The van der Waals surface area contributed by atoms with E-state index in [1.54, 1.807) is 0 Å². The lowest BCUT2D eigenvalue weighted by Crippen LogP contribution is -2.30. The average Bonchev–Trinajstić information content (AvgIpc) is 0.951. The van der Waals surface area contributed by atoms with Gasteiger partial charge in [0.05, 0.1) is 26.4 Å². The molecule has 0 heterocycles. The highest BCUT2D eigenvalue weighted by atomic mass is 31.2. The summed E-state index contributed by atoms with van der Waals surface area (Å²) in [6.45, 7) is 9.64. The Hall–Kier alpha value is -1.94. The van der Waals surface area contributed by atoms with Gasteiger partial charge in [-0.2, -0.15) is 0 Å². The van der Waals surface area contributed by atoms with Crippen molar-refractivity contribution in [2.75, 3.05) is 39.6 Å². The van der Waals surface area contributed by atoms with Crippen molar-refractivity contribution in [1.29, 1.82) is 0 Å². The van der Waals surface area contributed by atoms with Gasteiger partial charge in [-0.15, -0.1) is 0 Å². The second-order valence-electron chi connectivity index (χ2n) is 30.2. The molecule has 0 rings (SSSR count). The first-order valence-corrected chi connectivity index (χ1v) is 45.5. The van der Waals surface area contributed by atoms with E-state index in [9.17, 15) is 43.2 Å². The molecule has 0 amide bonds. The number of unbranched alkanes of at least 4 members (excludes halogenated alkanes) is 50. The predicted octanol–water partition coefficient (Wildman–Crippen LogP) is 24.7. The second kappa shape index (κ2) is 73.6. The molecule has 0 aromatic carbocycles. The molecule has 3 unspecified atom stereocenters. The molecule has 0 fully saturated rings. The van der Waals surface area contributed by atoms with E-state index >= 15 is 0 Å². The molecule has 600 valence electrons. The van der Waals surface area contributed by atoms with Gasteiger partial charge in [0.15, 0.2) is 12.2 Å². The van der Waals surface area contributed by atoms with Crippen molar-refractivity contribution in [3.8, 4) is 0 Å². The molecule has 0 aliphatic heterocycles. The number of aliphatic hydroxyl groups is 1. The Morgan fingerprint density at radius 3 is 0.752 bits per heavy atom. The maximum Gasteiger partial charge on any atom is 0.472 e. The van der Waals surface area contributed by atoms with Gasteiger partial charge >= 0.3 is 39.5 Å². The van der Waals surface area contributed by atoms with E-state index in [1.807, 2.05) is 0 Å². The van der Waals surface area contributed by atoms with Crippen LogP contribution in [0, 0.1) is 11.8 Å². The van der Waals surface area contributed by atoms with E-state index in [-0.39, 0.29) is 25.7 Å². The van der Waals surface area contributed by atoms with Crippen LogP contribution < -0.4 is 0 Å². The number of rotatable bonds is 81. The fourth-order valence-corrected chi connectivity index (χ4v) is 14.3. The summed E-state index contributed by atoms with van der Waals surface area (Å²) in [4.78, 5) is 72.9. The Kier molecular flexibility index (Phi) is 72.2. The Morgan fingerprint density at radius 2 is 0.505 bits per heavy atom. The molecule has 0 aromatic heterocycles. The maximum absolute atomic E-state index is 13.1. The Labute approximate surface area is 619 Å². The highest BCUT2D eigenvalue weighted by Crippen LogP contribution is 2.45. The summed E-state index contributed by atoms with van der Waals surface area (Å²) < 4.78 is 68.6. The van der Waals surface area contributed by atoms with Crippen molar-refractivity contribution >= 4 is 39.5 Å². The number of carbonyl (C=O) groups is 4. The number of esters is 4. The first-order valence-electron chi connectivity index (χ1n) is 42.5. The molecule has 3 N–H and O–H groups in total. The van der Waals surface area contributed by atoms with E-state index in [0.29, 0.717) is 25.7 Å². The molecule has 0 aliphatic carbocycles. The summed E-state index contributed by atoms with van der Waals surface area (Å²) in [7, 11) is -9.91. The number of phosphoric acid groups is 2. The zero-order chi connectivity index (χ0) is 74.2. The molecule has 0 saturated heterocycles. The largest absolute Gasteiger partial charge is 0.472 e. The molecule has 17 nitrogen and oxygen atoms in total. The van der Waals surface area contributed by atoms with Crippen LogP contribution in [0.3, 0.4) is 0 Å². The average molecular weight is 1480 g/mol. The summed E-state index contributed by atoms with van der Waals surface area (Å²) in [5.74, 6) is -0.504. The van der Waals surface area contributed by atoms with Crippen LogP contribution in [0.4, 0.5) is 0 Å². The van der Waals surface area contributed by atoms with Crippen LogP contribution in [0.1, 0.15) is 433 Å². The molecule has 0 aromatic rings. The quantitative estimate of drug-likeness (QED) is 0.0222. The lowest BCUT2D eigenvalue weighted by molar-refractivity contribution is -0.161. The van der Waals surface area contributed by atoms with Crippen molar-refractivity contribution in [3.05, 3.63) is 0 Å². The van der Waals surface area contributed by atoms with Crippen LogP contribution in [-0.4, -0.2) is 96.7 Å².